The van der Waals surface area contributed by atoms with Gasteiger partial charge in [0.1, 0.15) is 17.3 Å². The number of benzene rings is 3. The van der Waals surface area contributed by atoms with E-state index in [0.717, 1.165) is 5.56 Å². The summed E-state index contributed by atoms with van der Waals surface area (Å²) in [6, 6.07) is 20.5. The maximum absolute atomic E-state index is 13.1. The number of ether oxygens (including phenoxy) is 1. The summed E-state index contributed by atoms with van der Waals surface area (Å²) < 4.78 is 25.6. The van der Waals surface area contributed by atoms with Crippen molar-refractivity contribution in [1.82, 2.24) is 19.7 Å². The van der Waals surface area contributed by atoms with Gasteiger partial charge in [-0.05, 0) is 54.1 Å². The molecule has 1 N–H and O–H groups in total. The molecular formula is C26H20FN5O3. The van der Waals surface area contributed by atoms with Crippen molar-refractivity contribution in [2.75, 3.05) is 12.4 Å². The molecule has 0 spiro atoms. The Bertz CT molecular complexity index is 1460. The zero-order valence-corrected chi connectivity index (χ0v) is 18.7. The van der Waals surface area contributed by atoms with Crippen LogP contribution in [0.15, 0.2) is 89.8 Å². The topological polar surface area (TPSA) is 95.1 Å². The Morgan fingerprint density at radius 3 is 2.60 bits per heavy atom. The average molecular weight is 469 g/mol. The molecule has 35 heavy (non-hydrogen) atoms. The largest absolute Gasteiger partial charge is 0.496 e. The number of methoxy groups -OCH3 is 1. The van der Waals surface area contributed by atoms with Crippen molar-refractivity contribution in [3.63, 3.8) is 0 Å². The molecule has 0 aliphatic carbocycles. The first-order valence-electron chi connectivity index (χ1n) is 10.7. The molecule has 2 heterocycles. The molecule has 5 aromatic rings. The van der Waals surface area contributed by atoms with Crippen molar-refractivity contribution in [3.05, 3.63) is 102 Å². The lowest BCUT2D eigenvalue weighted by atomic mass is 10.1. The van der Waals surface area contributed by atoms with Crippen LogP contribution in [-0.2, 0) is 6.54 Å². The molecule has 2 aromatic heterocycles. The van der Waals surface area contributed by atoms with Gasteiger partial charge in [-0.3, -0.25) is 4.79 Å². The highest BCUT2D eigenvalue weighted by atomic mass is 19.1. The predicted molar refractivity (Wildman–Crippen MR) is 127 cm³/mol. The van der Waals surface area contributed by atoms with Gasteiger partial charge < -0.3 is 19.1 Å². The molecule has 0 aliphatic rings. The second-order valence-electron chi connectivity index (χ2n) is 7.71. The number of carbonyl (C=O) groups is 1. The first-order valence-corrected chi connectivity index (χ1v) is 10.7. The van der Waals surface area contributed by atoms with Gasteiger partial charge in [0, 0.05) is 24.0 Å². The Balaban J connectivity index is 1.24. The second kappa shape index (κ2) is 9.60. The van der Waals surface area contributed by atoms with Crippen LogP contribution in [0.3, 0.4) is 0 Å². The maximum atomic E-state index is 13.1. The Morgan fingerprint density at radius 1 is 1.06 bits per heavy atom. The third kappa shape index (κ3) is 4.93. The average Bonchev–Trinajstić information content (AvgIpc) is 3.56. The van der Waals surface area contributed by atoms with Gasteiger partial charge in [-0.1, -0.05) is 29.4 Å². The zero-order chi connectivity index (χ0) is 24.2. The van der Waals surface area contributed by atoms with Crippen molar-refractivity contribution in [3.8, 4) is 28.7 Å². The molecule has 3 aromatic carbocycles. The third-order valence-electron chi connectivity index (χ3n) is 5.31. The number of aromatic nitrogens is 4. The minimum Gasteiger partial charge on any atom is -0.496 e. The number of imidazole rings is 1. The number of halogens is 1. The molecule has 0 unspecified atom stereocenters. The Kier molecular flexibility index (Phi) is 6.04. The summed E-state index contributed by atoms with van der Waals surface area (Å²) in [6.07, 6.45) is 3.48. The minimum absolute atomic E-state index is 0.242. The van der Waals surface area contributed by atoms with Crippen LogP contribution >= 0.6 is 0 Å². The van der Waals surface area contributed by atoms with E-state index in [2.05, 4.69) is 20.4 Å². The van der Waals surface area contributed by atoms with Gasteiger partial charge >= 0.3 is 0 Å². The number of amides is 1. The van der Waals surface area contributed by atoms with Crippen molar-refractivity contribution in [2.45, 2.75) is 6.54 Å². The number of hydrogen-bond acceptors (Lipinski definition) is 6. The monoisotopic (exact) mass is 469 g/mol. The summed E-state index contributed by atoms with van der Waals surface area (Å²) in [7, 11) is 1.53. The van der Waals surface area contributed by atoms with E-state index >= 15 is 0 Å². The van der Waals surface area contributed by atoms with E-state index in [1.54, 1.807) is 42.9 Å². The lowest BCUT2D eigenvalue weighted by Gasteiger charge is -2.10. The van der Waals surface area contributed by atoms with Gasteiger partial charge in [0.2, 0.25) is 5.82 Å². The molecule has 0 saturated carbocycles. The van der Waals surface area contributed by atoms with Crippen LogP contribution in [0.1, 0.15) is 15.9 Å². The first-order chi connectivity index (χ1) is 17.1. The molecule has 0 bridgehead atoms. The van der Waals surface area contributed by atoms with E-state index in [9.17, 15) is 9.18 Å². The molecule has 174 valence electrons. The highest BCUT2D eigenvalue weighted by molar-refractivity contribution is 6.06. The smallest absolute Gasteiger partial charge is 0.278 e. The third-order valence-corrected chi connectivity index (χ3v) is 5.31. The fourth-order valence-electron chi connectivity index (χ4n) is 3.54. The van der Waals surface area contributed by atoms with E-state index < -0.39 is 0 Å². The first kappa shape index (κ1) is 22.0. The summed E-state index contributed by atoms with van der Waals surface area (Å²) in [6.45, 7) is 0.562. The fraction of sp³-hybridized carbons (Fsp3) is 0.0769. The summed E-state index contributed by atoms with van der Waals surface area (Å²) >= 11 is 0. The van der Waals surface area contributed by atoms with Gasteiger partial charge in [-0.15, -0.1) is 0 Å². The maximum Gasteiger partial charge on any atom is 0.278 e. The van der Waals surface area contributed by atoms with Gasteiger partial charge in [0.25, 0.3) is 11.8 Å². The van der Waals surface area contributed by atoms with Gasteiger partial charge in [-0.2, -0.15) is 4.98 Å². The molecule has 1 amide bonds. The van der Waals surface area contributed by atoms with E-state index in [-0.39, 0.29) is 17.6 Å². The number of para-hydroxylation sites is 1. The highest BCUT2D eigenvalue weighted by Crippen LogP contribution is 2.22. The summed E-state index contributed by atoms with van der Waals surface area (Å²) in [4.78, 5) is 21.3. The fourth-order valence-corrected chi connectivity index (χ4v) is 3.54. The second-order valence-corrected chi connectivity index (χ2v) is 7.71. The summed E-state index contributed by atoms with van der Waals surface area (Å²) in [5, 5.41) is 6.83. The highest BCUT2D eigenvalue weighted by Gasteiger charge is 2.14. The molecular weight excluding hydrogens is 449 g/mol. The van der Waals surface area contributed by atoms with Crippen LogP contribution in [0, 0.1) is 5.82 Å². The Hall–Kier alpha value is -4.79. The predicted octanol–water partition coefficient (Wildman–Crippen LogP) is 5.05. The quantitative estimate of drug-likeness (QED) is 0.359. The van der Waals surface area contributed by atoms with Crippen molar-refractivity contribution in [1.29, 1.82) is 0 Å². The SMILES string of the molecule is COc1ccccc1C(=O)Nc1ccc(Cn2cnc(-c3nc(-c4ccc(F)cc4)no3)c2)cc1. The Morgan fingerprint density at radius 2 is 1.83 bits per heavy atom. The van der Waals surface area contributed by atoms with E-state index in [1.807, 2.05) is 34.9 Å². The number of nitrogens with one attached hydrogen (secondary N) is 1. The molecule has 0 saturated heterocycles. The number of anilines is 1. The number of carbonyl (C=O) groups excluding carboxylic acids is 1. The Labute approximate surface area is 200 Å². The van der Waals surface area contributed by atoms with E-state index in [1.165, 1.54) is 19.2 Å². The van der Waals surface area contributed by atoms with Crippen LogP contribution in [0.2, 0.25) is 0 Å². The van der Waals surface area contributed by atoms with Crippen LogP contribution < -0.4 is 10.1 Å². The van der Waals surface area contributed by atoms with Gasteiger partial charge in [0.05, 0.1) is 19.0 Å². The van der Waals surface area contributed by atoms with Gasteiger partial charge in [0.15, 0.2) is 0 Å². The number of rotatable bonds is 7. The standard InChI is InChI=1S/C26H20FN5O3/c1-34-23-5-3-2-4-21(23)25(33)29-20-12-6-17(7-13-20)14-32-15-22(28-16-32)26-30-24(31-35-26)18-8-10-19(27)11-9-18/h2-13,15-16H,14H2,1H3,(H,29,33). The molecule has 0 fully saturated rings. The lowest BCUT2D eigenvalue weighted by molar-refractivity contribution is 0.102. The zero-order valence-electron chi connectivity index (χ0n) is 18.7. The lowest BCUT2D eigenvalue weighted by Crippen LogP contribution is -2.13. The molecule has 0 atom stereocenters. The van der Waals surface area contributed by atoms with Crippen LogP contribution in [0.4, 0.5) is 10.1 Å². The summed E-state index contributed by atoms with van der Waals surface area (Å²) in [5.41, 5.74) is 3.34. The molecule has 5 rings (SSSR count). The van der Waals surface area contributed by atoms with Gasteiger partial charge in [-0.25, -0.2) is 9.37 Å². The van der Waals surface area contributed by atoms with Crippen LogP contribution in [0.25, 0.3) is 23.0 Å². The van der Waals surface area contributed by atoms with E-state index in [0.29, 0.717) is 40.6 Å². The van der Waals surface area contributed by atoms with Crippen LogP contribution in [0.5, 0.6) is 5.75 Å². The normalized spacial score (nSPS) is 10.8. The molecule has 9 heteroatoms. The number of hydrogen-bond donors (Lipinski definition) is 1. The summed E-state index contributed by atoms with van der Waals surface area (Å²) in [5.74, 6) is 0.582. The van der Waals surface area contributed by atoms with E-state index in [4.69, 9.17) is 9.26 Å². The molecule has 0 aliphatic heterocycles. The van der Waals surface area contributed by atoms with Crippen molar-refractivity contribution < 1.29 is 18.4 Å². The number of nitrogens with zero attached hydrogens (tertiary/aromatic N) is 4. The molecule has 0 radical (unpaired) electrons. The molecule has 8 nitrogen and oxygen atoms in total. The minimum atomic E-state index is -0.331. The van der Waals surface area contributed by atoms with Crippen LogP contribution in [-0.4, -0.2) is 32.7 Å². The van der Waals surface area contributed by atoms with Crippen molar-refractivity contribution in [2.24, 2.45) is 0 Å². The van der Waals surface area contributed by atoms with Crippen molar-refractivity contribution >= 4 is 11.6 Å².